The summed E-state index contributed by atoms with van der Waals surface area (Å²) in [4.78, 5) is 37.1. The summed E-state index contributed by atoms with van der Waals surface area (Å²) in [5, 5.41) is 2.66. The van der Waals surface area contributed by atoms with Crippen LogP contribution in [-0.4, -0.2) is 30.0 Å². The number of carbonyl (C=O) groups excluding carboxylic acids is 3. The molecule has 2 aromatic rings. The molecule has 0 fully saturated rings. The van der Waals surface area contributed by atoms with Crippen LogP contribution in [0, 0.1) is 0 Å². The predicted molar refractivity (Wildman–Crippen MR) is 102 cm³/mol. The molecule has 0 aliphatic carbocycles. The molecule has 0 saturated carbocycles. The molecule has 2 aromatic carbocycles. The zero-order valence-corrected chi connectivity index (χ0v) is 15.5. The molecule has 0 radical (unpaired) electrons. The van der Waals surface area contributed by atoms with E-state index < -0.39 is 18.0 Å². The van der Waals surface area contributed by atoms with Crippen LogP contribution in [0.25, 0.3) is 0 Å². The Kier molecular flexibility index (Phi) is 7.41. The molecule has 1 amide bonds. The predicted octanol–water partition coefficient (Wildman–Crippen LogP) is 3.94. The summed E-state index contributed by atoms with van der Waals surface area (Å²) in [6.07, 6.45) is 1.01. The fraction of sp³-hybridized carbons (Fsp3) is 0.250. The topological polar surface area (TPSA) is 72.5 Å². The summed E-state index contributed by atoms with van der Waals surface area (Å²) in [6.45, 7) is 1.50. The number of ether oxygens (including phenoxy) is 1. The van der Waals surface area contributed by atoms with Crippen LogP contribution < -0.4 is 5.32 Å². The van der Waals surface area contributed by atoms with E-state index in [1.165, 1.54) is 6.92 Å². The third-order valence-corrected chi connectivity index (χ3v) is 4.43. The van der Waals surface area contributed by atoms with Gasteiger partial charge in [-0.2, -0.15) is 0 Å². The highest BCUT2D eigenvalue weighted by atomic mass is 32.2. The van der Waals surface area contributed by atoms with Crippen LogP contribution in [0.5, 0.6) is 0 Å². The van der Waals surface area contributed by atoms with Crippen molar-refractivity contribution in [3.63, 3.8) is 0 Å². The van der Waals surface area contributed by atoms with Crippen molar-refractivity contribution < 1.29 is 19.1 Å². The quantitative estimate of drug-likeness (QED) is 0.432. The smallest absolute Gasteiger partial charge is 0.307 e. The molecule has 2 rings (SSSR count). The first-order valence-corrected chi connectivity index (χ1v) is 9.44. The number of esters is 1. The minimum absolute atomic E-state index is 0.0461. The fourth-order valence-electron chi connectivity index (χ4n) is 2.21. The van der Waals surface area contributed by atoms with Gasteiger partial charge in [0, 0.05) is 22.6 Å². The number of ketones is 1. The number of benzene rings is 2. The molecule has 0 saturated heterocycles. The van der Waals surface area contributed by atoms with Crippen LogP contribution >= 0.6 is 11.8 Å². The zero-order chi connectivity index (χ0) is 18.9. The first-order chi connectivity index (χ1) is 12.5. The number of amides is 1. The number of hydrogen-bond donors (Lipinski definition) is 1. The van der Waals surface area contributed by atoms with E-state index in [-0.39, 0.29) is 18.6 Å². The molecule has 1 atom stereocenters. The van der Waals surface area contributed by atoms with Gasteiger partial charge in [-0.25, -0.2) is 0 Å². The second-order valence-electron chi connectivity index (χ2n) is 5.64. The van der Waals surface area contributed by atoms with Gasteiger partial charge in [0.25, 0.3) is 5.91 Å². The number of nitrogens with one attached hydrogen (secondary N) is 1. The first-order valence-electron chi connectivity index (χ1n) is 8.22. The average molecular weight is 371 g/mol. The molecule has 0 aliphatic heterocycles. The van der Waals surface area contributed by atoms with E-state index in [4.69, 9.17) is 4.74 Å². The van der Waals surface area contributed by atoms with Crippen LogP contribution in [-0.2, 0) is 14.3 Å². The largest absolute Gasteiger partial charge is 0.453 e. The lowest BCUT2D eigenvalue weighted by Crippen LogP contribution is -2.30. The summed E-state index contributed by atoms with van der Waals surface area (Å²) in [5.41, 5.74) is 1.19. The molecule has 0 aliphatic rings. The average Bonchev–Trinajstić information content (AvgIpc) is 2.67. The van der Waals surface area contributed by atoms with Crippen molar-refractivity contribution in [3.8, 4) is 0 Å². The number of thioether (sulfide) groups is 1. The second kappa shape index (κ2) is 9.77. The molecular formula is C20H21NO4S. The lowest BCUT2D eigenvalue weighted by atomic mass is 10.1. The van der Waals surface area contributed by atoms with Gasteiger partial charge >= 0.3 is 5.97 Å². The Labute approximate surface area is 157 Å². The maximum Gasteiger partial charge on any atom is 0.307 e. The van der Waals surface area contributed by atoms with E-state index in [9.17, 15) is 14.4 Å². The molecule has 0 heterocycles. The Morgan fingerprint density at radius 1 is 1.00 bits per heavy atom. The van der Waals surface area contributed by atoms with Crippen molar-refractivity contribution in [1.82, 2.24) is 0 Å². The van der Waals surface area contributed by atoms with Gasteiger partial charge in [-0.05, 0) is 37.4 Å². The lowest BCUT2D eigenvalue weighted by Gasteiger charge is -2.13. The minimum Gasteiger partial charge on any atom is -0.453 e. The molecule has 0 aromatic heterocycles. The van der Waals surface area contributed by atoms with Gasteiger partial charge in [0.2, 0.25) is 0 Å². The van der Waals surface area contributed by atoms with Gasteiger partial charge in [0.05, 0.1) is 6.42 Å². The van der Waals surface area contributed by atoms with Crippen molar-refractivity contribution in [2.45, 2.75) is 30.8 Å². The van der Waals surface area contributed by atoms with Crippen LogP contribution in [0.4, 0.5) is 5.69 Å². The van der Waals surface area contributed by atoms with E-state index >= 15 is 0 Å². The molecule has 1 N–H and O–H groups in total. The van der Waals surface area contributed by atoms with Gasteiger partial charge in [-0.3, -0.25) is 14.4 Å². The molecular weight excluding hydrogens is 350 g/mol. The molecule has 6 heteroatoms. The van der Waals surface area contributed by atoms with Gasteiger partial charge < -0.3 is 10.1 Å². The van der Waals surface area contributed by atoms with E-state index in [2.05, 4.69) is 5.32 Å². The Balaban J connectivity index is 1.78. The van der Waals surface area contributed by atoms with Crippen molar-refractivity contribution in [1.29, 1.82) is 0 Å². The van der Waals surface area contributed by atoms with E-state index in [0.717, 1.165) is 4.90 Å². The summed E-state index contributed by atoms with van der Waals surface area (Å²) in [5.74, 6) is -1.12. The summed E-state index contributed by atoms with van der Waals surface area (Å²) in [6, 6.07) is 16.1. The van der Waals surface area contributed by atoms with Gasteiger partial charge in [0.1, 0.15) is 0 Å². The van der Waals surface area contributed by atoms with Crippen molar-refractivity contribution >= 4 is 35.1 Å². The van der Waals surface area contributed by atoms with Crippen LogP contribution in [0.2, 0.25) is 0 Å². The number of rotatable bonds is 8. The van der Waals surface area contributed by atoms with E-state index in [0.29, 0.717) is 11.3 Å². The molecule has 26 heavy (non-hydrogen) atoms. The maximum atomic E-state index is 12.1. The Morgan fingerprint density at radius 2 is 1.65 bits per heavy atom. The van der Waals surface area contributed by atoms with Crippen molar-refractivity contribution in [3.05, 3.63) is 60.2 Å². The Bertz CT molecular complexity index is 759. The van der Waals surface area contributed by atoms with Crippen LogP contribution in [0.1, 0.15) is 30.1 Å². The number of para-hydroxylation sites is 1. The van der Waals surface area contributed by atoms with E-state index in [1.807, 2.05) is 24.5 Å². The number of Topliss-reactive ketones (excluding diaryl/α,β-unsaturated/α-hetero) is 1. The van der Waals surface area contributed by atoms with Crippen LogP contribution in [0.3, 0.4) is 0 Å². The third kappa shape index (κ3) is 6.04. The van der Waals surface area contributed by atoms with Crippen molar-refractivity contribution in [2.75, 3.05) is 11.6 Å². The monoisotopic (exact) mass is 371 g/mol. The van der Waals surface area contributed by atoms with Gasteiger partial charge in [-0.15, -0.1) is 11.8 Å². The summed E-state index contributed by atoms with van der Waals surface area (Å²) < 4.78 is 5.10. The SMILES string of the molecule is CSc1ccc(C(=O)CCC(=O)O[C@@H](C)C(=O)Nc2ccccc2)cc1. The zero-order valence-electron chi connectivity index (χ0n) is 14.7. The molecule has 0 bridgehead atoms. The number of hydrogen-bond acceptors (Lipinski definition) is 5. The molecule has 0 unspecified atom stereocenters. The summed E-state index contributed by atoms with van der Waals surface area (Å²) >= 11 is 1.59. The molecule has 136 valence electrons. The first kappa shape index (κ1) is 19.7. The normalized spacial score (nSPS) is 11.5. The highest BCUT2D eigenvalue weighted by molar-refractivity contribution is 7.98. The third-order valence-electron chi connectivity index (χ3n) is 3.69. The number of anilines is 1. The maximum absolute atomic E-state index is 12.1. The fourth-order valence-corrected chi connectivity index (χ4v) is 2.62. The molecule has 0 spiro atoms. The van der Waals surface area contributed by atoms with E-state index in [1.54, 1.807) is 48.2 Å². The highest BCUT2D eigenvalue weighted by Crippen LogP contribution is 2.16. The highest BCUT2D eigenvalue weighted by Gasteiger charge is 2.18. The van der Waals surface area contributed by atoms with Crippen molar-refractivity contribution in [2.24, 2.45) is 0 Å². The second-order valence-corrected chi connectivity index (χ2v) is 6.52. The molecule has 5 nitrogen and oxygen atoms in total. The van der Waals surface area contributed by atoms with Gasteiger partial charge in [0.15, 0.2) is 11.9 Å². The summed E-state index contributed by atoms with van der Waals surface area (Å²) in [7, 11) is 0. The number of carbonyl (C=O) groups is 3. The Hall–Kier alpha value is -2.60. The standard InChI is InChI=1S/C20H21NO4S/c1-14(20(24)21-16-6-4-3-5-7-16)25-19(23)13-12-18(22)15-8-10-17(26-2)11-9-15/h3-11,14H,12-13H2,1-2H3,(H,21,24)/t14-/m0/s1. The lowest BCUT2D eigenvalue weighted by molar-refractivity contribution is -0.153. The Morgan fingerprint density at radius 3 is 2.27 bits per heavy atom. The minimum atomic E-state index is -0.932. The van der Waals surface area contributed by atoms with Gasteiger partial charge in [-0.1, -0.05) is 30.3 Å². The van der Waals surface area contributed by atoms with Crippen LogP contribution in [0.15, 0.2) is 59.5 Å².